The minimum atomic E-state index is -4.15. The molecule has 0 radical (unpaired) electrons. The zero-order chi connectivity index (χ0) is 16.8. The van der Waals surface area contributed by atoms with Gasteiger partial charge in [-0.1, -0.05) is 0 Å². The van der Waals surface area contributed by atoms with E-state index in [1.165, 1.54) is 16.8 Å². The first-order valence-electron chi connectivity index (χ1n) is 7.14. The number of aromatic nitrogens is 2. The van der Waals surface area contributed by atoms with Crippen molar-refractivity contribution in [1.82, 2.24) is 14.5 Å². The lowest BCUT2D eigenvalue weighted by atomic mass is 10.2. The summed E-state index contributed by atoms with van der Waals surface area (Å²) in [6.45, 7) is 1.58. The van der Waals surface area contributed by atoms with Gasteiger partial charge in [-0.2, -0.15) is 5.10 Å². The summed E-state index contributed by atoms with van der Waals surface area (Å²) in [6, 6.07) is 4.99. The van der Waals surface area contributed by atoms with Crippen LogP contribution in [0.25, 0.3) is 0 Å². The number of nitrogens with one attached hydrogen (secondary N) is 1. The van der Waals surface area contributed by atoms with Crippen LogP contribution in [-0.2, 0) is 17.1 Å². The molecule has 0 aliphatic heterocycles. The van der Waals surface area contributed by atoms with Gasteiger partial charge >= 0.3 is 0 Å². The third-order valence-corrected chi connectivity index (χ3v) is 4.99. The highest BCUT2D eigenvalue weighted by Gasteiger charge is 2.29. The van der Waals surface area contributed by atoms with Crippen LogP contribution in [0.1, 0.15) is 40.5 Å². The molecular weight excluding hydrogens is 321 g/mol. The highest BCUT2D eigenvalue weighted by molar-refractivity contribution is 7.90. The Bertz CT molecular complexity index is 865. The van der Waals surface area contributed by atoms with E-state index in [1.807, 2.05) is 4.72 Å². The first-order valence-corrected chi connectivity index (χ1v) is 8.63. The van der Waals surface area contributed by atoms with Gasteiger partial charge in [0.2, 0.25) is 0 Å². The number of amides is 1. The maximum atomic E-state index is 13.4. The van der Waals surface area contributed by atoms with Crippen molar-refractivity contribution < 1.29 is 17.6 Å². The van der Waals surface area contributed by atoms with Gasteiger partial charge in [-0.25, -0.2) is 17.5 Å². The quantitative estimate of drug-likeness (QED) is 0.923. The van der Waals surface area contributed by atoms with E-state index in [0.717, 1.165) is 24.6 Å². The molecule has 0 bridgehead atoms. The van der Waals surface area contributed by atoms with Crippen molar-refractivity contribution in [3.8, 4) is 0 Å². The number of carbonyl (C=O) groups is 1. The van der Waals surface area contributed by atoms with Crippen LogP contribution in [0.2, 0.25) is 0 Å². The van der Waals surface area contributed by atoms with Crippen LogP contribution in [0.5, 0.6) is 0 Å². The summed E-state index contributed by atoms with van der Waals surface area (Å²) in [6.07, 6.45) is 2.05. The van der Waals surface area contributed by atoms with Gasteiger partial charge in [0, 0.05) is 13.0 Å². The second-order valence-corrected chi connectivity index (χ2v) is 7.43. The van der Waals surface area contributed by atoms with Gasteiger partial charge in [0.15, 0.2) is 0 Å². The summed E-state index contributed by atoms with van der Waals surface area (Å²) in [5.41, 5.74) is 1.40. The fourth-order valence-corrected chi connectivity index (χ4v) is 3.45. The molecule has 0 saturated heterocycles. The molecule has 1 aliphatic carbocycles. The number of hydrogen-bond acceptors (Lipinski definition) is 4. The Morgan fingerprint density at radius 2 is 2.00 bits per heavy atom. The van der Waals surface area contributed by atoms with Gasteiger partial charge in [0.05, 0.1) is 10.6 Å². The van der Waals surface area contributed by atoms with E-state index in [-0.39, 0.29) is 10.6 Å². The Balaban J connectivity index is 1.86. The Labute approximate surface area is 133 Å². The molecule has 1 fully saturated rings. The smallest absolute Gasteiger partial charge is 0.266 e. The molecule has 0 unspecified atom stereocenters. The van der Waals surface area contributed by atoms with Crippen molar-refractivity contribution in [2.24, 2.45) is 7.05 Å². The van der Waals surface area contributed by atoms with Gasteiger partial charge in [-0.05, 0) is 49.6 Å². The average molecular weight is 337 g/mol. The highest BCUT2D eigenvalue weighted by Crippen LogP contribution is 2.39. The van der Waals surface area contributed by atoms with E-state index in [4.69, 9.17) is 0 Å². The van der Waals surface area contributed by atoms with Crippen LogP contribution in [0, 0.1) is 12.7 Å². The zero-order valence-electron chi connectivity index (χ0n) is 12.7. The van der Waals surface area contributed by atoms with Crippen LogP contribution < -0.4 is 4.72 Å². The van der Waals surface area contributed by atoms with Crippen LogP contribution in [0.4, 0.5) is 4.39 Å². The van der Waals surface area contributed by atoms with E-state index in [2.05, 4.69) is 5.10 Å². The first-order chi connectivity index (χ1) is 10.8. The average Bonchev–Trinajstić information content (AvgIpc) is 3.20. The van der Waals surface area contributed by atoms with Crippen molar-refractivity contribution in [2.45, 2.75) is 30.6 Å². The summed E-state index contributed by atoms with van der Waals surface area (Å²) in [7, 11) is -2.56. The zero-order valence-corrected chi connectivity index (χ0v) is 13.5. The van der Waals surface area contributed by atoms with Crippen LogP contribution in [0.15, 0.2) is 29.2 Å². The van der Waals surface area contributed by atoms with Crippen molar-refractivity contribution >= 4 is 15.9 Å². The van der Waals surface area contributed by atoms with Crippen molar-refractivity contribution in [3.05, 3.63) is 47.0 Å². The largest absolute Gasteiger partial charge is 0.283 e. The molecule has 1 N–H and O–H groups in total. The Hall–Kier alpha value is -2.22. The normalized spacial score (nSPS) is 14.7. The van der Waals surface area contributed by atoms with Crippen LogP contribution in [0.3, 0.4) is 0 Å². The SMILES string of the molecule is Cc1cc(F)cc(S(=O)(=O)NC(=O)c2cc(C3CC3)nn2C)c1. The number of nitrogens with zero attached hydrogens (tertiary/aromatic N) is 2. The molecule has 0 atom stereocenters. The number of carbonyl (C=O) groups excluding carboxylic acids is 1. The summed E-state index contributed by atoms with van der Waals surface area (Å²) in [4.78, 5) is 12.0. The molecule has 1 aromatic heterocycles. The van der Waals surface area contributed by atoms with Gasteiger partial charge in [-0.3, -0.25) is 9.48 Å². The maximum absolute atomic E-state index is 13.4. The minimum absolute atomic E-state index is 0.156. The van der Waals surface area contributed by atoms with Crippen molar-refractivity contribution in [1.29, 1.82) is 0 Å². The molecule has 23 heavy (non-hydrogen) atoms. The number of hydrogen-bond donors (Lipinski definition) is 1. The molecule has 0 spiro atoms. The van der Waals surface area contributed by atoms with Gasteiger partial charge < -0.3 is 0 Å². The third kappa shape index (κ3) is 3.26. The summed E-state index contributed by atoms with van der Waals surface area (Å²) >= 11 is 0. The molecule has 3 rings (SSSR count). The Kier molecular flexibility index (Phi) is 3.71. The predicted molar refractivity (Wildman–Crippen MR) is 81.0 cm³/mol. The topological polar surface area (TPSA) is 81.1 Å². The molecule has 6 nitrogen and oxygen atoms in total. The minimum Gasteiger partial charge on any atom is -0.266 e. The number of aryl methyl sites for hydroxylation is 2. The molecule has 1 aliphatic rings. The molecule has 8 heteroatoms. The molecule has 1 amide bonds. The van der Waals surface area contributed by atoms with E-state index in [9.17, 15) is 17.6 Å². The fourth-order valence-electron chi connectivity index (χ4n) is 2.37. The number of benzene rings is 1. The van der Waals surface area contributed by atoms with Gasteiger partial charge in [0.25, 0.3) is 15.9 Å². The number of halogens is 1. The van der Waals surface area contributed by atoms with Crippen LogP contribution >= 0.6 is 0 Å². The molecular formula is C15H16FN3O3S. The third-order valence-electron chi connectivity index (χ3n) is 3.68. The van der Waals surface area contributed by atoms with Gasteiger partial charge in [-0.15, -0.1) is 0 Å². The Morgan fingerprint density at radius 3 is 2.61 bits per heavy atom. The molecule has 1 saturated carbocycles. The molecule has 1 heterocycles. The highest BCUT2D eigenvalue weighted by atomic mass is 32.2. The number of rotatable bonds is 4. The number of sulfonamides is 1. The second-order valence-electron chi connectivity index (χ2n) is 5.75. The fraction of sp³-hybridized carbons (Fsp3) is 0.333. The first kappa shape index (κ1) is 15.7. The standard InChI is InChI=1S/C15H16FN3O3S/c1-9-5-11(16)7-12(6-9)23(21,22)18-15(20)14-8-13(10-3-4-10)17-19(14)2/h5-8,10H,3-4H2,1-2H3,(H,18,20). The van der Waals surface area contributed by atoms with E-state index < -0.39 is 21.7 Å². The lowest BCUT2D eigenvalue weighted by Crippen LogP contribution is -2.32. The van der Waals surface area contributed by atoms with E-state index in [1.54, 1.807) is 20.0 Å². The lowest BCUT2D eigenvalue weighted by molar-refractivity contribution is 0.0972. The maximum Gasteiger partial charge on any atom is 0.283 e. The molecule has 122 valence electrons. The van der Waals surface area contributed by atoms with Gasteiger partial charge in [0.1, 0.15) is 11.5 Å². The summed E-state index contributed by atoms with van der Waals surface area (Å²) < 4.78 is 41.2. The lowest BCUT2D eigenvalue weighted by Gasteiger charge is -2.08. The van der Waals surface area contributed by atoms with E-state index >= 15 is 0 Å². The summed E-state index contributed by atoms with van der Waals surface area (Å²) in [5, 5.41) is 4.23. The monoisotopic (exact) mass is 337 g/mol. The molecule has 1 aromatic carbocycles. The predicted octanol–water partition coefficient (Wildman–Crippen LogP) is 1.86. The second kappa shape index (κ2) is 5.45. The van der Waals surface area contributed by atoms with E-state index in [0.29, 0.717) is 11.5 Å². The van der Waals surface area contributed by atoms with Crippen molar-refractivity contribution in [2.75, 3.05) is 0 Å². The van der Waals surface area contributed by atoms with Crippen LogP contribution in [-0.4, -0.2) is 24.1 Å². The van der Waals surface area contributed by atoms with Crippen molar-refractivity contribution in [3.63, 3.8) is 0 Å². The Morgan fingerprint density at radius 1 is 1.30 bits per heavy atom. The summed E-state index contributed by atoms with van der Waals surface area (Å²) in [5.74, 6) is -1.10. The molecule has 2 aromatic rings.